The number of aromatic nitrogens is 2. The van der Waals surface area contributed by atoms with Crippen molar-refractivity contribution in [1.82, 2.24) is 14.5 Å². The Morgan fingerprint density at radius 1 is 1.10 bits per heavy atom. The van der Waals surface area contributed by atoms with Gasteiger partial charge in [0.2, 0.25) is 0 Å². The predicted octanol–water partition coefficient (Wildman–Crippen LogP) is 1.24. The van der Waals surface area contributed by atoms with E-state index in [2.05, 4.69) is 43.4 Å². The number of nitrogens with one attached hydrogen (secondary N) is 1. The molecule has 2 aromatic rings. The lowest BCUT2D eigenvalue weighted by Crippen LogP contribution is -2.39. The molecule has 1 aromatic heterocycles. The topological polar surface area (TPSA) is 56.0 Å². The fraction of sp³-hybridized carbons (Fsp3) is 0.375. The normalized spacial score (nSPS) is 12.4. The van der Waals surface area contributed by atoms with E-state index in [0.29, 0.717) is 12.2 Å². The number of nitrogens with zero attached hydrogens (tertiary/aromatic N) is 2. The van der Waals surface area contributed by atoms with E-state index in [1.165, 1.54) is 28.8 Å². The van der Waals surface area contributed by atoms with E-state index in [1.54, 1.807) is 7.05 Å². The van der Waals surface area contributed by atoms with Crippen LogP contribution in [0.25, 0.3) is 0 Å². The van der Waals surface area contributed by atoms with Gasteiger partial charge < -0.3 is 5.32 Å². The summed E-state index contributed by atoms with van der Waals surface area (Å²) in [4.78, 5) is 23.5. The third-order valence-corrected chi connectivity index (χ3v) is 3.79. The Labute approximate surface area is 123 Å². The second-order valence-corrected chi connectivity index (χ2v) is 5.39. The summed E-state index contributed by atoms with van der Waals surface area (Å²) >= 11 is 0. The van der Waals surface area contributed by atoms with Crippen LogP contribution in [0.4, 0.5) is 0 Å². The first kappa shape index (κ1) is 15.3. The molecule has 0 aliphatic rings. The first-order chi connectivity index (χ1) is 9.90. The van der Waals surface area contributed by atoms with Crippen LogP contribution in [0.3, 0.4) is 0 Å². The summed E-state index contributed by atoms with van der Waals surface area (Å²) in [6, 6.07) is 9.94. The third-order valence-electron chi connectivity index (χ3n) is 3.79. The summed E-state index contributed by atoms with van der Waals surface area (Å²) in [5.74, 6) is 0. The Kier molecular flexibility index (Phi) is 4.43. The van der Waals surface area contributed by atoms with Gasteiger partial charge in [0.25, 0.3) is 5.56 Å². The van der Waals surface area contributed by atoms with Crippen LogP contribution in [-0.2, 0) is 20.6 Å². The largest absolute Gasteiger partial charge is 0.330 e. The van der Waals surface area contributed by atoms with Crippen LogP contribution in [0.2, 0.25) is 0 Å². The van der Waals surface area contributed by atoms with Gasteiger partial charge >= 0.3 is 5.69 Å². The zero-order valence-corrected chi connectivity index (χ0v) is 12.9. The summed E-state index contributed by atoms with van der Waals surface area (Å²) in [6.45, 7) is 4.58. The Morgan fingerprint density at radius 3 is 2.33 bits per heavy atom. The highest BCUT2D eigenvalue weighted by Gasteiger charge is 2.08. The van der Waals surface area contributed by atoms with Crippen molar-refractivity contribution in [2.45, 2.75) is 26.4 Å². The van der Waals surface area contributed by atoms with Crippen LogP contribution in [0, 0.1) is 6.92 Å². The van der Waals surface area contributed by atoms with Crippen LogP contribution in [0.15, 0.2) is 39.9 Å². The van der Waals surface area contributed by atoms with Gasteiger partial charge in [-0.2, -0.15) is 0 Å². The minimum absolute atomic E-state index is 0.143. The molecule has 1 heterocycles. The van der Waals surface area contributed by atoms with Crippen molar-refractivity contribution in [3.8, 4) is 0 Å². The molecule has 0 radical (unpaired) electrons. The second-order valence-electron chi connectivity index (χ2n) is 5.39. The van der Waals surface area contributed by atoms with E-state index in [1.807, 2.05) is 0 Å². The van der Waals surface area contributed by atoms with E-state index in [-0.39, 0.29) is 17.3 Å². The monoisotopic (exact) mass is 287 g/mol. The van der Waals surface area contributed by atoms with Crippen molar-refractivity contribution < 1.29 is 0 Å². The van der Waals surface area contributed by atoms with E-state index < -0.39 is 0 Å². The van der Waals surface area contributed by atoms with Gasteiger partial charge in [-0.3, -0.25) is 13.9 Å². The van der Waals surface area contributed by atoms with Crippen molar-refractivity contribution in [1.29, 1.82) is 0 Å². The van der Waals surface area contributed by atoms with E-state index in [9.17, 15) is 9.59 Å². The molecule has 0 aliphatic heterocycles. The number of hydrogen-bond donors (Lipinski definition) is 1. The molecule has 5 nitrogen and oxygen atoms in total. The lowest BCUT2D eigenvalue weighted by atomic mass is 10.1. The molecule has 0 unspecified atom stereocenters. The quantitative estimate of drug-likeness (QED) is 0.920. The Bertz CT molecular complexity index is 742. The first-order valence-corrected chi connectivity index (χ1v) is 6.96. The van der Waals surface area contributed by atoms with E-state index in [0.717, 1.165) is 4.57 Å². The maximum Gasteiger partial charge on any atom is 0.330 e. The fourth-order valence-electron chi connectivity index (χ4n) is 2.18. The highest BCUT2D eigenvalue weighted by molar-refractivity contribution is 5.23. The minimum atomic E-state index is -0.303. The predicted molar refractivity (Wildman–Crippen MR) is 83.4 cm³/mol. The minimum Gasteiger partial charge on any atom is -0.305 e. The van der Waals surface area contributed by atoms with Crippen LogP contribution in [-0.4, -0.2) is 9.13 Å². The molecule has 1 N–H and O–H groups in total. The van der Waals surface area contributed by atoms with Crippen LogP contribution >= 0.6 is 0 Å². The molecule has 0 amide bonds. The summed E-state index contributed by atoms with van der Waals surface area (Å²) < 4.78 is 2.60. The van der Waals surface area contributed by atoms with Gasteiger partial charge in [0.05, 0.1) is 0 Å². The van der Waals surface area contributed by atoms with Crippen molar-refractivity contribution in [2.24, 2.45) is 14.1 Å². The van der Waals surface area contributed by atoms with Crippen LogP contribution < -0.4 is 16.6 Å². The molecule has 0 saturated heterocycles. The smallest absolute Gasteiger partial charge is 0.305 e. The molecule has 0 spiro atoms. The van der Waals surface area contributed by atoms with Crippen LogP contribution in [0.1, 0.15) is 29.8 Å². The zero-order chi connectivity index (χ0) is 15.6. The highest BCUT2D eigenvalue weighted by atomic mass is 16.2. The lowest BCUT2D eigenvalue weighted by molar-refractivity contribution is 0.540. The maximum atomic E-state index is 11.9. The average molecular weight is 287 g/mol. The maximum absolute atomic E-state index is 11.9. The van der Waals surface area contributed by atoms with Crippen molar-refractivity contribution >= 4 is 0 Å². The number of rotatable bonds is 4. The number of aryl methyl sites for hydroxylation is 1. The van der Waals surface area contributed by atoms with Gasteiger partial charge in [0.1, 0.15) is 0 Å². The Hall–Kier alpha value is -2.14. The lowest BCUT2D eigenvalue weighted by Gasteiger charge is -2.16. The molecule has 0 aliphatic carbocycles. The summed E-state index contributed by atoms with van der Waals surface area (Å²) in [7, 11) is 3.16. The molecule has 5 heteroatoms. The molecule has 2 rings (SSSR count). The molecule has 0 fully saturated rings. The molecular formula is C16H21N3O2. The van der Waals surface area contributed by atoms with E-state index in [4.69, 9.17) is 0 Å². The van der Waals surface area contributed by atoms with Gasteiger partial charge in [0.15, 0.2) is 0 Å². The van der Waals surface area contributed by atoms with Gasteiger partial charge in [-0.05, 0) is 19.4 Å². The molecule has 0 saturated carbocycles. The van der Waals surface area contributed by atoms with Crippen molar-refractivity contribution in [2.75, 3.05) is 0 Å². The number of benzene rings is 1. The molecule has 1 atom stereocenters. The Balaban J connectivity index is 2.15. The molecule has 112 valence electrons. The van der Waals surface area contributed by atoms with Crippen molar-refractivity contribution in [3.05, 3.63) is 68.0 Å². The molecular weight excluding hydrogens is 266 g/mol. The van der Waals surface area contributed by atoms with Gasteiger partial charge in [-0.15, -0.1) is 0 Å². The highest BCUT2D eigenvalue weighted by Crippen LogP contribution is 2.13. The fourth-order valence-corrected chi connectivity index (χ4v) is 2.18. The second kappa shape index (κ2) is 6.10. The standard InChI is InChI=1S/C16H21N3O2/c1-11-5-7-13(8-6-11)12(2)17-10-14-9-15(20)19(4)16(21)18(14)3/h5-9,12,17H,10H2,1-4H3/t12-/m1/s1. The summed E-state index contributed by atoms with van der Waals surface area (Å²) in [6.07, 6.45) is 0. The Morgan fingerprint density at radius 2 is 1.71 bits per heavy atom. The van der Waals surface area contributed by atoms with Crippen LogP contribution in [0.5, 0.6) is 0 Å². The summed E-state index contributed by atoms with van der Waals surface area (Å²) in [5, 5.41) is 3.34. The number of hydrogen-bond acceptors (Lipinski definition) is 3. The first-order valence-electron chi connectivity index (χ1n) is 6.96. The van der Waals surface area contributed by atoms with Gasteiger partial charge in [-0.25, -0.2) is 4.79 Å². The molecule has 0 bridgehead atoms. The van der Waals surface area contributed by atoms with Crippen molar-refractivity contribution in [3.63, 3.8) is 0 Å². The zero-order valence-electron chi connectivity index (χ0n) is 12.9. The molecule has 21 heavy (non-hydrogen) atoms. The van der Waals surface area contributed by atoms with E-state index >= 15 is 0 Å². The average Bonchev–Trinajstić information content (AvgIpc) is 2.48. The summed E-state index contributed by atoms with van der Waals surface area (Å²) in [5.41, 5.74) is 2.50. The molecule has 1 aromatic carbocycles. The van der Waals surface area contributed by atoms with Gasteiger partial charge in [0, 0.05) is 38.4 Å². The SMILES string of the molecule is Cc1ccc([C@@H](C)NCc2cc(=O)n(C)c(=O)n2C)cc1. The van der Waals surface area contributed by atoms with Gasteiger partial charge in [-0.1, -0.05) is 29.8 Å². The third kappa shape index (κ3) is 3.31.